The van der Waals surface area contributed by atoms with Gasteiger partial charge < -0.3 is 10.0 Å². The van der Waals surface area contributed by atoms with E-state index in [-0.39, 0.29) is 12.5 Å². The molecule has 0 unspecified atom stereocenters. The van der Waals surface area contributed by atoms with Crippen LogP contribution in [-0.4, -0.2) is 38.8 Å². The van der Waals surface area contributed by atoms with Gasteiger partial charge in [0.25, 0.3) is 5.91 Å². The van der Waals surface area contributed by atoms with Gasteiger partial charge in [0.2, 0.25) is 0 Å². The highest BCUT2D eigenvalue weighted by molar-refractivity contribution is 5.93. The van der Waals surface area contributed by atoms with Crippen LogP contribution >= 0.6 is 0 Å². The third-order valence-electron chi connectivity index (χ3n) is 5.37. The van der Waals surface area contributed by atoms with Gasteiger partial charge in [0.15, 0.2) is 0 Å². The zero-order chi connectivity index (χ0) is 19.3. The molecule has 1 aromatic heterocycles. The monoisotopic (exact) mass is 375 g/mol. The molecule has 28 heavy (non-hydrogen) atoms. The van der Waals surface area contributed by atoms with Crippen molar-refractivity contribution < 1.29 is 9.90 Å². The lowest BCUT2D eigenvalue weighted by Crippen LogP contribution is -2.28. The van der Waals surface area contributed by atoms with Crippen LogP contribution in [0.25, 0.3) is 0 Å². The Kier molecular flexibility index (Phi) is 5.53. The molecule has 2 aromatic carbocycles. The molecular weight excluding hydrogens is 350 g/mol. The number of carbonyl (C=O) groups excluding carboxylic acids is 1. The number of hydrogen-bond donors (Lipinski definition) is 1. The van der Waals surface area contributed by atoms with Crippen molar-refractivity contribution in [1.29, 1.82) is 0 Å². The number of hydrogen-bond acceptors (Lipinski definition) is 3. The van der Waals surface area contributed by atoms with E-state index in [0.717, 1.165) is 37.1 Å². The van der Waals surface area contributed by atoms with Crippen molar-refractivity contribution in [2.24, 2.45) is 5.92 Å². The number of likely N-dealkylation sites (tertiary alicyclic amines) is 1. The van der Waals surface area contributed by atoms with E-state index in [2.05, 4.69) is 29.4 Å². The lowest BCUT2D eigenvalue weighted by molar-refractivity contribution is 0.0787. The summed E-state index contributed by atoms with van der Waals surface area (Å²) in [6.07, 6.45) is 5.50. The second kappa shape index (κ2) is 8.40. The first kappa shape index (κ1) is 18.4. The molecule has 144 valence electrons. The minimum Gasteiger partial charge on any atom is -0.392 e. The molecule has 1 aliphatic heterocycles. The molecule has 3 aromatic rings. The zero-order valence-corrected chi connectivity index (χ0v) is 15.9. The average Bonchev–Trinajstić information content (AvgIpc) is 3.39. The molecule has 0 bridgehead atoms. The molecule has 0 spiro atoms. The second-order valence-electron chi connectivity index (χ2n) is 7.50. The fourth-order valence-electron chi connectivity index (χ4n) is 3.81. The van der Waals surface area contributed by atoms with E-state index in [0.29, 0.717) is 18.0 Å². The van der Waals surface area contributed by atoms with Gasteiger partial charge >= 0.3 is 0 Å². The molecule has 0 aliphatic carbocycles. The van der Waals surface area contributed by atoms with Gasteiger partial charge in [-0.05, 0) is 35.4 Å². The molecule has 1 N–H and O–H groups in total. The Morgan fingerprint density at radius 2 is 1.79 bits per heavy atom. The maximum Gasteiger partial charge on any atom is 0.257 e. The normalized spacial score (nSPS) is 16.5. The summed E-state index contributed by atoms with van der Waals surface area (Å²) in [6, 6.07) is 18.2. The Morgan fingerprint density at radius 3 is 2.54 bits per heavy atom. The van der Waals surface area contributed by atoms with Crippen molar-refractivity contribution >= 4 is 5.91 Å². The second-order valence-corrected chi connectivity index (χ2v) is 7.50. The smallest absolute Gasteiger partial charge is 0.257 e. The third kappa shape index (κ3) is 4.31. The van der Waals surface area contributed by atoms with Crippen molar-refractivity contribution in [2.75, 3.05) is 13.1 Å². The predicted molar refractivity (Wildman–Crippen MR) is 108 cm³/mol. The quantitative estimate of drug-likeness (QED) is 0.720. The molecule has 5 heteroatoms. The first-order valence-electron chi connectivity index (χ1n) is 9.75. The summed E-state index contributed by atoms with van der Waals surface area (Å²) in [4.78, 5) is 14.8. The van der Waals surface area contributed by atoms with Gasteiger partial charge in [0.05, 0.1) is 24.9 Å². The van der Waals surface area contributed by atoms with Crippen molar-refractivity contribution in [2.45, 2.75) is 26.0 Å². The molecular formula is C23H25N3O2. The fourth-order valence-corrected chi connectivity index (χ4v) is 3.81. The summed E-state index contributed by atoms with van der Waals surface area (Å²) in [5.74, 6) is 0.542. The summed E-state index contributed by atoms with van der Waals surface area (Å²) in [5.41, 5.74) is 4.01. The number of aliphatic hydroxyl groups excluding tert-OH is 1. The topological polar surface area (TPSA) is 58.4 Å². The van der Waals surface area contributed by atoms with Crippen LogP contribution in [0, 0.1) is 5.92 Å². The number of benzene rings is 2. The summed E-state index contributed by atoms with van der Waals surface area (Å²) < 4.78 is 1.82. The number of rotatable bonds is 6. The first-order chi connectivity index (χ1) is 13.7. The lowest BCUT2D eigenvalue weighted by atomic mass is 9.98. The van der Waals surface area contributed by atoms with E-state index in [1.165, 1.54) is 5.56 Å². The molecule has 2 heterocycles. The van der Waals surface area contributed by atoms with Crippen LogP contribution in [0.15, 0.2) is 67.0 Å². The molecule has 0 saturated carbocycles. The average molecular weight is 375 g/mol. The summed E-state index contributed by atoms with van der Waals surface area (Å²) in [5, 5.41) is 13.5. The van der Waals surface area contributed by atoms with E-state index in [9.17, 15) is 4.79 Å². The van der Waals surface area contributed by atoms with E-state index in [1.807, 2.05) is 46.1 Å². The largest absolute Gasteiger partial charge is 0.392 e. The zero-order valence-electron chi connectivity index (χ0n) is 15.9. The fraction of sp³-hybridized carbons (Fsp3) is 0.304. The number of aromatic nitrogens is 2. The van der Waals surface area contributed by atoms with Crippen molar-refractivity contribution in [3.63, 3.8) is 0 Å². The molecule has 1 aliphatic rings. The van der Waals surface area contributed by atoms with Crippen LogP contribution in [0.4, 0.5) is 0 Å². The number of carbonyl (C=O) groups is 1. The Morgan fingerprint density at radius 1 is 1.04 bits per heavy atom. The maximum absolute atomic E-state index is 12.8. The van der Waals surface area contributed by atoms with Crippen molar-refractivity contribution in [3.8, 4) is 0 Å². The summed E-state index contributed by atoms with van der Waals surface area (Å²) in [7, 11) is 0. The predicted octanol–water partition coefficient (Wildman–Crippen LogP) is 3.13. The van der Waals surface area contributed by atoms with Crippen LogP contribution in [-0.2, 0) is 19.6 Å². The number of amides is 1. The van der Waals surface area contributed by atoms with Gasteiger partial charge in [-0.2, -0.15) is 5.10 Å². The molecule has 1 atom stereocenters. The van der Waals surface area contributed by atoms with E-state index in [1.54, 1.807) is 6.20 Å². The van der Waals surface area contributed by atoms with E-state index >= 15 is 0 Å². The molecule has 5 nitrogen and oxygen atoms in total. The third-order valence-corrected chi connectivity index (χ3v) is 5.37. The highest BCUT2D eigenvalue weighted by Gasteiger charge is 2.27. The Hall–Kier alpha value is -2.92. The van der Waals surface area contributed by atoms with E-state index in [4.69, 9.17) is 5.11 Å². The van der Waals surface area contributed by atoms with Crippen molar-refractivity contribution in [3.05, 3.63) is 89.2 Å². The van der Waals surface area contributed by atoms with Crippen LogP contribution in [0.1, 0.15) is 33.5 Å². The van der Waals surface area contributed by atoms with Crippen LogP contribution in [0.3, 0.4) is 0 Å². The Labute approximate surface area is 165 Å². The molecule has 0 radical (unpaired) electrons. The molecule has 4 rings (SSSR count). The van der Waals surface area contributed by atoms with Crippen molar-refractivity contribution in [1.82, 2.24) is 14.7 Å². The van der Waals surface area contributed by atoms with Crippen LogP contribution in [0.5, 0.6) is 0 Å². The lowest BCUT2D eigenvalue weighted by Gasteiger charge is -2.15. The van der Waals surface area contributed by atoms with Gasteiger partial charge in [-0.3, -0.25) is 9.48 Å². The summed E-state index contributed by atoms with van der Waals surface area (Å²) >= 11 is 0. The maximum atomic E-state index is 12.8. The van der Waals surface area contributed by atoms with Gasteiger partial charge in [-0.25, -0.2) is 0 Å². The molecule has 1 saturated heterocycles. The molecule has 1 amide bonds. The van der Waals surface area contributed by atoms with Crippen LogP contribution in [0.2, 0.25) is 0 Å². The SMILES string of the molecule is O=C(c1cnn(Cc2ccccc2)c1)N1CC[C@@H](Cc2ccc(CO)cc2)C1. The summed E-state index contributed by atoms with van der Waals surface area (Å²) in [6.45, 7) is 2.32. The standard InChI is InChI=1S/C23H25N3O2/c27-17-20-8-6-18(7-9-20)12-21-10-11-25(14-21)23(28)22-13-24-26(16-22)15-19-4-2-1-3-5-19/h1-9,13,16,21,27H,10-12,14-15,17H2/t21-/m0/s1. The van der Waals surface area contributed by atoms with Gasteiger partial charge in [0, 0.05) is 19.3 Å². The van der Waals surface area contributed by atoms with Gasteiger partial charge in [-0.1, -0.05) is 54.6 Å². The van der Waals surface area contributed by atoms with Gasteiger partial charge in [0.1, 0.15) is 0 Å². The highest BCUT2D eigenvalue weighted by Crippen LogP contribution is 2.23. The van der Waals surface area contributed by atoms with Crippen LogP contribution < -0.4 is 0 Å². The Bertz CT molecular complexity index is 919. The minimum absolute atomic E-state index is 0.0671. The van der Waals surface area contributed by atoms with Gasteiger partial charge in [-0.15, -0.1) is 0 Å². The molecule has 1 fully saturated rings. The number of aliphatic hydroxyl groups is 1. The Balaban J connectivity index is 1.34. The van der Waals surface area contributed by atoms with E-state index < -0.39 is 0 Å². The highest BCUT2D eigenvalue weighted by atomic mass is 16.3. The minimum atomic E-state index is 0.0671. The first-order valence-corrected chi connectivity index (χ1v) is 9.75. The number of nitrogens with zero attached hydrogens (tertiary/aromatic N) is 3.